The van der Waals surface area contributed by atoms with Crippen LogP contribution < -0.4 is 5.73 Å². The highest BCUT2D eigenvalue weighted by atomic mass is 32.2. The monoisotopic (exact) mass is 236 g/mol. The lowest BCUT2D eigenvalue weighted by atomic mass is 10.2. The zero-order valence-corrected chi connectivity index (χ0v) is 10.7. The molecule has 0 aliphatic carbocycles. The third kappa shape index (κ3) is 3.16. The summed E-state index contributed by atoms with van der Waals surface area (Å²) in [5.74, 6) is 1.15. The van der Waals surface area contributed by atoms with E-state index in [1.165, 1.54) is 42.9 Å². The van der Waals surface area contributed by atoms with E-state index in [4.69, 9.17) is 5.73 Å². The van der Waals surface area contributed by atoms with Gasteiger partial charge in [0.2, 0.25) is 0 Å². The maximum absolute atomic E-state index is 5.98. The molecule has 0 amide bonds. The van der Waals surface area contributed by atoms with Crippen molar-refractivity contribution in [2.24, 2.45) is 0 Å². The minimum atomic E-state index is 0.923. The highest BCUT2D eigenvalue weighted by Gasteiger charge is 2.10. The summed E-state index contributed by atoms with van der Waals surface area (Å²) in [7, 11) is 0. The van der Waals surface area contributed by atoms with Gasteiger partial charge in [0.25, 0.3) is 0 Å². The minimum absolute atomic E-state index is 0.923. The van der Waals surface area contributed by atoms with Crippen LogP contribution in [0.5, 0.6) is 0 Å². The van der Waals surface area contributed by atoms with Crippen molar-refractivity contribution in [3.8, 4) is 0 Å². The molecular weight excluding hydrogens is 216 g/mol. The topological polar surface area (TPSA) is 29.3 Å². The minimum Gasteiger partial charge on any atom is -0.398 e. The van der Waals surface area contributed by atoms with Gasteiger partial charge in [0.1, 0.15) is 0 Å². The van der Waals surface area contributed by atoms with E-state index in [0.29, 0.717) is 0 Å². The Balaban J connectivity index is 1.80. The molecule has 0 atom stereocenters. The molecule has 1 aliphatic heterocycles. The van der Waals surface area contributed by atoms with Crippen LogP contribution in [0.15, 0.2) is 23.1 Å². The van der Waals surface area contributed by atoms with Crippen LogP contribution in [-0.2, 0) is 0 Å². The van der Waals surface area contributed by atoms with E-state index in [1.54, 1.807) is 0 Å². The number of nitrogens with two attached hydrogens (primary N) is 1. The lowest BCUT2D eigenvalue weighted by Gasteiger charge is -2.14. The van der Waals surface area contributed by atoms with Crippen molar-refractivity contribution in [2.45, 2.75) is 24.7 Å². The van der Waals surface area contributed by atoms with Gasteiger partial charge in [0.15, 0.2) is 0 Å². The first kappa shape index (κ1) is 11.8. The molecule has 0 bridgehead atoms. The van der Waals surface area contributed by atoms with Gasteiger partial charge in [-0.15, -0.1) is 11.8 Å². The van der Waals surface area contributed by atoms with E-state index in [-0.39, 0.29) is 0 Å². The number of aryl methyl sites for hydroxylation is 1. The van der Waals surface area contributed by atoms with Crippen molar-refractivity contribution in [3.05, 3.63) is 23.8 Å². The number of likely N-dealkylation sites (tertiary alicyclic amines) is 1. The molecule has 1 aliphatic rings. The summed E-state index contributed by atoms with van der Waals surface area (Å²) in [6.45, 7) is 5.83. The summed E-state index contributed by atoms with van der Waals surface area (Å²) in [5, 5.41) is 0. The van der Waals surface area contributed by atoms with Crippen LogP contribution in [0.25, 0.3) is 0 Å². The van der Waals surface area contributed by atoms with Crippen LogP contribution in [0.1, 0.15) is 18.4 Å². The van der Waals surface area contributed by atoms with Gasteiger partial charge in [0, 0.05) is 22.9 Å². The van der Waals surface area contributed by atoms with Gasteiger partial charge in [-0.05, 0) is 50.6 Å². The average molecular weight is 236 g/mol. The molecule has 88 valence electrons. The Labute approximate surface area is 102 Å². The van der Waals surface area contributed by atoms with E-state index in [2.05, 4.69) is 30.0 Å². The van der Waals surface area contributed by atoms with E-state index in [0.717, 1.165) is 11.4 Å². The quantitative estimate of drug-likeness (QED) is 0.644. The van der Waals surface area contributed by atoms with E-state index < -0.39 is 0 Å². The van der Waals surface area contributed by atoms with Crippen LogP contribution in [-0.4, -0.2) is 30.3 Å². The number of rotatable bonds is 4. The molecule has 2 nitrogen and oxygen atoms in total. The van der Waals surface area contributed by atoms with Crippen molar-refractivity contribution in [1.29, 1.82) is 0 Å². The molecule has 16 heavy (non-hydrogen) atoms. The number of hydrogen-bond donors (Lipinski definition) is 1. The molecule has 2 rings (SSSR count). The molecule has 0 aromatic heterocycles. The third-order valence-electron chi connectivity index (χ3n) is 3.03. The van der Waals surface area contributed by atoms with E-state index >= 15 is 0 Å². The molecule has 3 heteroatoms. The molecule has 1 aromatic carbocycles. The SMILES string of the molecule is Cc1ccc(SCCN2CCCC2)c(N)c1. The van der Waals surface area contributed by atoms with Gasteiger partial charge in [-0.2, -0.15) is 0 Å². The van der Waals surface area contributed by atoms with Crippen LogP contribution in [0.2, 0.25) is 0 Å². The summed E-state index contributed by atoms with van der Waals surface area (Å²) in [6.07, 6.45) is 2.74. The number of nitrogen functional groups attached to an aromatic ring is 1. The summed E-state index contributed by atoms with van der Waals surface area (Å²) >= 11 is 1.88. The van der Waals surface area contributed by atoms with Crippen LogP contribution in [0.3, 0.4) is 0 Å². The number of anilines is 1. The van der Waals surface area contributed by atoms with Gasteiger partial charge in [-0.3, -0.25) is 0 Å². The van der Waals surface area contributed by atoms with Gasteiger partial charge in [-0.1, -0.05) is 6.07 Å². The fourth-order valence-corrected chi connectivity index (χ4v) is 3.05. The zero-order valence-electron chi connectivity index (χ0n) is 9.91. The molecule has 0 radical (unpaired) electrons. The van der Waals surface area contributed by atoms with E-state index in [1.807, 2.05) is 11.8 Å². The standard InChI is InChI=1S/C13H20N2S/c1-11-4-5-13(12(14)10-11)16-9-8-15-6-2-3-7-15/h4-5,10H,2-3,6-9,14H2,1H3. The summed E-state index contributed by atoms with van der Waals surface area (Å²) in [4.78, 5) is 3.77. The van der Waals surface area contributed by atoms with Crippen molar-refractivity contribution >= 4 is 17.4 Å². The summed E-state index contributed by atoms with van der Waals surface area (Å²) in [5.41, 5.74) is 8.14. The van der Waals surface area contributed by atoms with Crippen molar-refractivity contribution < 1.29 is 0 Å². The molecule has 0 unspecified atom stereocenters. The zero-order chi connectivity index (χ0) is 11.4. The smallest absolute Gasteiger partial charge is 0.0454 e. The molecule has 0 spiro atoms. The largest absolute Gasteiger partial charge is 0.398 e. The number of thioether (sulfide) groups is 1. The van der Waals surface area contributed by atoms with E-state index in [9.17, 15) is 0 Å². The Morgan fingerprint density at radius 1 is 1.31 bits per heavy atom. The number of benzene rings is 1. The van der Waals surface area contributed by atoms with Gasteiger partial charge in [0.05, 0.1) is 0 Å². The molecule has 0 saturated carbocycles. The number of hydrogen-bond acceptors (Lipinski definition) is 3. The molecule has 1 heterocycles. The second kappa shape index (κ2) is 5.60. The first-order chi connectivity index (χ1) is 7.75. The van der Waals surface area contributed by atoms with Gasteiger partial charge < -0.3 is 10.6 Å². The Kier molecular flexibility index (Phi) is 4.13. The summed E-state index contributed by atoms with van der Waals surface area (Å²) in [6, 6.07) is 6.33. The maximum atomic E-state index is 5.98. The molecule has 1 saturated heterocycles. The predicted molar refractivity (Wildman–Crippen MR) is 72.0 cm³/mol. The molecule has 1 fully saturated rings. The van der Waals surface area contributed by atoms with Crippen LogP contribution >= 0.6 is 11.8 Å². The Hall–Kier alpha value is -0.670. The lowest BCUT2D eigenvalue weighted by molar-refractivity contribution is 0.362. The Morgan fingerprint density at radius 2 is 2.06 bits per heavy atom. The Morgan fingerprint density at radius 3 is 2.75 bits per heavy atom. The second-order valence-corrected chi connectivity index (χ2v) is 5.58. The highest BCUT2D eigenvalue weighted by Crippen LogP contribution is 2.25. The maximum Gasteiger partial charge on any atom is 0.0454 e. The molecule has 1 aromatic rings. The summed E-state index contributed by atoms with van der Waals surface area (Å²) < 4.78 is 0. The second-order valence-electron chi connectivity index (χ2n) is 4.44. The van der Waals surface area contributed by atoms with Gasteiger partial charge in [-0.25, -0.2) is 0 Å². The molecular formula is C13H20N2S. The van der Waals surface area contributed by atoms with Crippen LogP contribution in [0.4, 0.5) is 5.69 Å². The predicted octanol–water partition coefficient (Wildman–Crippen LogP) is 2.77. The average Bonchev–Trinajstić information content (AvgIpc) is 2.74. The normalized spacial score (nSPS) is 16.8. The first-order valence-electron chi connectivity index (χ1n) is 5.97. The Bertz CT molecular complexity index is 346. The first-order valence-corrected chi connectivity index (χ1v) is 6.95. The number of nitrogens with zero attached hydrogens (tertiary/aromatic N) is 1. The van der Waals surface area contributed by atoms with Crippen molar-refractivity contribution in [1.82, 2.24) is 4.90 Å². The highest BCUT2D eigenvalue weighted by molar-refractivity contribution is 7.99. The van der Waals surface area contributed by atoms with Gasteiger partial charge >= 0.3 is 0 Å². The fraction of sp³-hybridized carbons (Fsp3) is 0.538. The fourth-order valence-electron chi connectivity index (χ4n) is 2.09. The third-order valence-corrected chi connectivity index (χ3v) is 4.10. The lowest BCUT2D eigenvalue weighted by Crippen LogP contribution is -2.21. The van der Waals surface area contributed by atoms with Crippen molar-refractivity contribution in [2.75, 3.05) is 31.1 Å². The molecule has 2 N–H and O–H groups in total. The van der Waals surface area contributed by atoms with Crippen molar-refractivity contribution in [3.63, 3.8) is 0 Å². The van der Waals surface area contributed by atoms with Crippen LogP contribution in [0, 0.1) is 6.92 Å².